The first-order valence-electron chi connectivity index (χ1n) is 16.0. The molecular weight excluding hydrogens is 636 g/mol. The van der Waals surface area contributed by atoms with Crippen molar-refractivity contribution in [3.05, 3.63) is 89.0 Å². The van der Waals surface area contributed by atoms with Crippen LogP contribution in [0.25, 0.3) is 6.08 Å². The van der Waals surface area contributed by atoms with Crippen molar-refractivity contribution < 1.29 is 52.8 Å². The van der Waals surface area contributed by atoms with Crippen molar-refractivity contribution in [2.45, 2.75) is 57.1 Å². The number of cyclic esters (lactones) is 1. The van der Waals surface area contributed by atoms with E-state index < -0.39 is 65.6 Å². The monoisotopic (exact) mass is 676 g/mol. The summed E-state index contributed by atoms with van der Waals surface area (Å²) in [6.45, 7) is 3.42. The van der Waals surface area contributed by atoms with Gasteiger partial charge < -0.3 is 39.0 Å². The van der Waals surface area contributed by atoms with Crippen LogP contribution in [-0.2, 0) is 49.3 Å². The number of aliphatic hydroxyl groups excluding tert-OH is 1. The summed E-state index contributed by atoms with van der Waals surface area (Å²) < 4.78 is 27.6. The molecule has 0 saturated carbocycles. The number of benzene rings is 2. The Bertz CT molecular complexity index is 1620. The van der Waals surface area contributed by atoms with Crippen molar-refractivity contribution in [2.75, 3.05) is 33.6 Å². The average Bonchev–Trinajstić information content (AvgIpc) is 3.68. The van der Waals surface area contributed by atoms with Crippen molar-refractivity contribution >= 4 is 35.8 Å². The average molecular weight is 677 g/mol. The second-order valence-electron chi connectivity index (χ2n) is 12.7. The number of hydrogen-bond donors (Lipinski definition) is 2. The minimum atomic E-state index is -1.02. The summed E-state index contributed by atoms with van der Waals surface area (Å²) in [5, 5.41) is 11.9. The lowest BCUT2D eigenvalue weighted by Crippen LogP contribution is -2.51. The largest absolute Gasteiger partial charge is 0.462 e. The molecule has 2 amide bonds. The number of likely N-dealkylation sites (N-methyl/N-ethyl adjacent to an activating group) is 1. The highest BCUT2D eigenvalue weighted by Crippen LogP contribution is 2.33. The van der Waals surface area contributed by atoms with E-state index in [1.807, 2.05) is 30.3 Å². The standard InChI is InChI=1S/C36H40N2O11/c1-36(2)20-45-35(44)31(36)49-29(40)13-12-23-10-7-11-24(16-23)34(43)48-28-19-25(18-27-30(28)47-21-46-27)33(42)38(3)26(32(41)37-14-15-39)17-22-8-5-4-6-9-22/h4-13,16,18,26-28,30-31,39H,14-15,17,19-21H2,1-3H3,(H,37,41). The van der Waals surface area contributed by atoms with E-state index in [1.54, 1.807) is 38.1 Å². The predicted octanol–water partition coefficient (Wildman–Crippen LogP) is 1.97. The van der Waals surface area contributed by atoms with Crippen LogP contribution in [0.2, 0.25) is 0 Å². The number of ether oxygens (including phenoxy) is 5. The van der Waals surface area contributed by atoms with E-state index in [-0.39, 0.29) is 45.0 Å². The molecule has 5 atom stereocenters. The molecule has 2 N–H and O–H groups in total. The first kappa shape index (κ1) is 35.5. The number of amides is 2. The number of rotatable bonds is 12. The van der Waals surface area contributed by atoms with E-state index in [2.05, 4.69) is 5.32 Å². The van der Waals surface area contributed by atoms with Crippen LogP contribution >= 0.6 is 0 Å². The number of carbonyl (C=O) groups is 5. The van der Waals surface area contributed by atoms with Gasteiger partial charge in [-0.15, -0.1) is 0 Å². The zero-order chi connectivity index (χ0) is 35.1. The summed E-state index contributed by atoms with van der Waals surface area (Å²) in [6.07, 6.45) is 1.31. The minimum Gasteiger partial charge on any atom is -0.462 e. The molecule has 2 fully saturated rings. The van der Waals surface area contributed by atoms with E-state index in [1.165, 1.54) is 24.1 Å². The van der Waals surface area contributed by atoms with Gasteiger partial charge in [0.1, 0.15) is 37.8 Å². The van der Waals surface area contributed by atoms with Gasteiger partial charge in [-0.1, -0.05) is 56.3 Å². The van der Waals surface area contributed by atoms with Crippen LogP contribution in [0.4, 0.5) is 0 Å². The van der Waals surface area contributed by atoms with Crippen molar-refractivity contribution in [3.63, 3.8) is 0 Å². The number of hydrogen-bond acceptors (Lipinski definition) is 11. The number of aliphatic hydroxyl groups is 1. The molecule has 0 spiro atoms. The first-order valence-corrected chi connectivity index (χ1v) is 16.0. The fourth-order valence-electron chi connectivity index (χ4n) is 5.85. The summed E-state index contributed by atoms with van der Waals surface area (Å²) in [5.74, 6) is -2.87. The lowest BCUT2D eigenvalue weighted by atomic mass is 9.90. The zero-order valence-corrected chi connectivity index (χ0v) is 27.5. The van der Waals surface area contributed by atoms with Gasteiger partial charge in [0, 0.05) is 43.5 Å². The third-order valence-corrected chi connectivity index (χ3v) is 8.58. The molecule has 1 aliphatic carbocycles. The molecule has 0 bridgehead atoms. The number of nitrogens with one attached hydrogen (secondary N) is 1. The van der Waals surface area contributed by atoms with E-state index in [9.17, 15) is 29.1 Å². The lowest BCUT2D eigenvalue weighted by Gasteiger charge is -2.33. The molecule has 49 heavy (non-hydrogen) atoms. The predicted molar refractivity (Wildman–Crippen MR) is 173 cm³/mol. The smallest absolute Gasteiger partial charge is 0.348 e. The maximum Gasteiger partial charge on any atom is 0.348 e. The first-order chi connectivity index (χ1) is 23.5. The van der Waals surface area contributed by atoms with Gasteiger partial charge in [-0.3, -0.25) is 9.59 Å². The molecule has 2 aromatic carbocycles. The SMILES string of the molecule is CN(C(=O)C1=CC2OCOC2C(OC(=O)c2cccc(C=CC(=O)OC3C(=O)OCC3(C)C)c2)C1)C(Cc1ccccc1)C(=O)NCCO. The molecule has 5 rings (SSSR count). The zero-order valence-electron chi connectivity index (χ0n) is 27.5. The Balaban J connectivity index is 1.26. The van der Waals surface area contributed by atoms with Gasteiger partial charge in [-0.2, -0.15) is 0 Å². The maximum atomic E-state index is 13.9. The summed E-state index contributed by atoms with van der Waals surface area (Å²) in [5.41, 5.74) is 1.19. The Morgan fingerprint density at radius 2 is 1.86 bits per heavy atom. The molecule has 2 aliphatic heterocycles. The normalized spacial score (nSPS) is 23.2. The molecule has 0 aromatic heterocycles. The molecule has 13 heteroatoms. The van der Waals surface area contributed by atoms with Crippen molar-refractivity contribution in [2.24, 2.45) is 5.41 Å². The van der Waals surface area contributed by atoms with Gasteiger partial charge in [-0.05, 0) is 35.4 Å². The third-order valence-electron chi connectivity index (χ3n) is 8.58. The van der Waals surface area contributed by atoms with Crippen molar-refractivity contribution in [1.82, 2.24) is 10.2 Å². The van der Waals surface area contributed by atoms with Crippen LogP contribution < -0.4 is 5.32 Å². The molecule has 13 nitrogen and oxygen atoms in total. The fourth-order valence-corrected chi connectivity index (χ4v) is 5.85. The molecule has 0 radical (unpaired) electrons. The Hall–Kier alpha value is -4.85. The number of carbonyl (C=O) groups excluding carboxylic acids is 5. The van der Waals surface area contributed by atoms with Crippen LogP contribution in [0.15, 0.2) is 72.3 Å². The molecule has 5 unspecified atom stereocenters. The minimum absolute atomic E-state index is 0.0150. The van der Waals surface area contributed by atoms with E-state index in [4.69, 9.17) is 23.7 Å². The van der Waals surface area contributed by atoms with Gasteiger partial charge in [0.05, 0.1) is 12.2 Å². The van der Waals surface area contributed by atoms with Crippen LogP contribution in [0.3, 0.4) is 0 Å². The summed E-state index contributed by atoms with van der Waals surface area (Å²) in [7, 11) is 1.53. The fraction of sp³-hybridized carbons (Fsp3) is 0.417. The maximum absolute atomic E-state index is 13.9. The highest BCUT2D eigenvalue weighted by molar-refractivity contribution is 5.97. The third kappa shape index (κ3) is 8.60. The van der Waals surface area contributed by atoms with Crippen molar-refractivity contribution in [3.8, 4) is 0 Å². The summed E-state index contributed by atoms with van der Waals surface area (Å²) in [4.78, 5) is 66.1. The molecule has 2 aromatic rings. The van der Waals surface area contributed by atoms with E-state index >= 15 is 0 Å². The summed E-state index contributed by atoms with van der Waals surface area (Å²) >= 11 is 0. The lowest BCUT2D eigenvalue weighted by molar-refractivity contribution is -0.159. The Morgan fingerprint density at radius 1 is 1.08 bits per heavy atom. The summed E-state index contributed by atoms with van der Waals surface area (Å²) in [6, 6.07) is 14.8. The molecule has 2 saturated heterocycles. The molecule has 3 aliphatic rings. The Labute approximate surface area is 283 Å². The van der Waals surface area contributed by atoms with Crippen LogP contribution in [0.5, 0.6) is 0 Å². The number of nitrogens with zero attached hydrogens (tertiary/aromatic N) is 1. The van der Waals surface area contributed by atoms with Gasteiger partial charge in [-0.25, -0.2) is 14.4 Å². The van der Waals surface area contributed by atoms with Gasteiger partial charge in [0.25, 0.3) is 0 Å². The quantitative estimate of drug-likeness (QED) is 0.192. The van der Waals surface area contributed by atoms with Gasteiger partial charge in [0.2, 0.25) is 17.9 Å². The second-order valence-corrected chi connectivity index (χ2v) is 12.7. The second kappa shape index (κ2) is 15.6. The van der Waals surface area contributed by atoms with Crippen LogP contribution in [0.1, 0.15) is 41.8 Å². The highest BCUT2D eigenvalue weighted by atomic mass is 16.7. The number of esters is 3. The van der Waals surface area contributed by atoms with Crippen LogP contribution in [0, 0.1) is 5.41 Å². The van der Waals surface area contributed by atoms with E-state index in [0.717, 1.165) is 11.6 Å². The van der Waals surface area contributed by atoms with Gasteiger partial charge >= 0.3 is 17.9 Å². The van der Waals surface area contributed by atoms with Gasteiger partial charge in [0.15, 0.2) is 0 Å². The molecule has 2 heterocycles. The molecular formula is C36H40N2O11. The highest BCUT2D eigenvalue weighted by Gasteiger charge is 2.46. The topological polar surface area (TPSA) is 167 Å². The van der Waals surface area contributed by atoms with Crippen molar-refractivity contribution in [1.29, 1.82) is 0 Å². The number of fused-ring (bicyclic) bond motifs is 1. The molecule has 260 valence electrons. The van der Waals surface area contributed by atoms with Crippen LogP contribution in [-0.4, -0.2) is 104 Å². The Kier molecular flexibility index (Phi) is 11.3. The Morgan fingerprint density at radius 3 is 2.57 bits per heavy atom. The van der Waals surface area contributed by atoms with E-state index in [0.29, 0.717) is 11.1 Å².